The SMILES string of the molecule is CN(Cc1cnc2nc(N)nc(N)c2n1)c1ccc(C(=O)C(C)(C)N[C@@H](CCC(=O)C(C)(C)NCCCCCCCCCc2cccc3c2CN(C2CCC(=O)NC2=O)C3=O)C(=O)O)cc1. The number of nitrogens with two attached hydrogens (primary N) is 2. The number of nitrogens with zero attached hydrogens (tertiary/aromatic N) is 6. The van der Waals surface area contributed by atoms with Crippen molar-refractivity contribution in [3.05, 3.63) is 76.6 Å². The van der Waals surface area contributed by atoms with Gasteiger partial charge in [-0.25, -0.2) is 9.97 Å². The zero-order valence-electron chi connectivity index (χ0n) is 38.6. The number of Topliss-reactive ketones (excluding diaryl/α,β-unsaturated/α-hetero) is 2. The van der Waals surface area contributed by atoms with Crippen LogP contribution < -0.4 is 32.3 Å². The summed E-state index contributed by atoms with van der Waals surface area (Å²) in [5, 5.41) is 18.8. The van der Waals surface area contributed by atoms with Crippen molar-refractivity contribution in [1.82, 2.24) is 40.8 Å². The summed E-state index contributed by atoms with van der Waals surface area (Å²) >= 11 is 0. The van der Waals surface area contributed by atoms with Crippen molar-refractivity contribution in [3.8, 4) is 0 Å². The minimum atomic E-state index is -1.24. The van der Waals surface area contributed by atoms with Crippen LogP contribution in [-0.4, -0.2) is 102 Å². The molecule has 0 saturated carbocycles. The summed E-state index contributed by atoms with van der Waals surface area (Å²) in [6, 6.07) is 11.0. The predicted octanol–water partition coefficient (Wildman–Crippen LogP) is 4.68. The lowest BCUT2D eigenvalue weighted by atomic mass is 9.90. The highest BCUT2D eigenvalue weighted by atomic mass is 16.4. The Bertz CT molecular complexity index is 2460. The van der Waals surface area contributed by atoms with Gasteiger partial charge >= 0.3 is 5.97 Å². The third kappa shape index (κ3) is 12.1. The summed E-state index contributed by atoms with van der Waals surface area (Å²) < 4.78 is 0. The first-order chi connectivity index (χ1) is 31.3. The van der Waals surface area contributed by atoms with Crippen LogP contribution in [0.4, 0.5) is 17.5 Å². The largest absolute Gasteiger partial charge is 0.480 e. The molecule has 4 aromatic rings. The Hall–Kier alpha value is -6.40. The average molecular weight is 906 g/mol. The Balaban J connectivity index is 0.868. The average Bonchev–Trinajstić information content (AvgIpc) is 3.61. The van der Waals surface area contributed by atoms with Crippen molar-refractivity contribution >= 4 is 63.9 Å². The van der Waals surface area contributed by atoms with Gasteiger partial charge in [0.05, 0.1) is 29.5 Å². The zero-order valence-corrected chi connectivity index (χ0v) is 38.6. The van der Waals surface area contributed by atoms with Gasteiger partial charge in [0.2, 0.25) is 17.8 Å². The van der Waals surface area contributed by atoms with E-state index in [0.717, 1.165) is 68.2 Å². The topological polar surface area (TPSA) is 269 Å². The number of piperidine rings is 1. The van der Waals surface area contributed by atoms with Crippen molar-refractivity contribution < 1.29 is 33.9 Å². The maximum absolute atomic E-state index is 13.7. The molecule has 2 aromatic heterocycles. The molecule has 2 aliphatic rings. The summed E-state index contributed by atoms with van der Waals surface area (Å²) in [5.74, 6) is -2.22. The number of rotatable bonds is 24. The molecular weight excluding hydrogens is 843 g/mol. The van der Waals surface area contributed by atoms with E-state index in [-0.39, 0.29) is 54.4 Å². The second-order valence-corrected chi connectivity index (χ2v) is 18.5. The first-order valence-corrected chi connectivity index (χ1v) is 22.8. The number of hydrogen-bond acceptors (Lipinski definition) is 15. The van der Waals surface area contributed by atoms with E-state index in [1.54, 1.807) is 49.2 Å². The summed E-state index contributed by atoms with van der Waals surface area (Å²) in [7, 11) is 1.87. The Labute approximate surface area is 385 Å². The van der Waals surface area contributed by atoms with Crippen LogP contribution in [0.1, 0.15) is 136 Å². The van der Waals surface area contributed by atoms with Gasteiger partial charge < -0.3 is 31.7 Å². The number of carbonyl (C=O) groups excluding carboxylic acids is 5. The molecule has 3 amide bonds. The van der Waals surface area contributed by atoms with Gasteiger partial charge in [0.25, 0.3) is 5.91 Å². The number of aryl methyl sites for hydroxylation is 1. The molecule has 6 rings (SSSR count). The fourth-order valence-corrected chi connectivity index (χ4v) is 8.68. The van der Waals surface area contributed by atoms with E-state index in [1.807, 2.05) is 37.9 Å². The van der Waals surface area contributed by atoms with Crippen LogP contribution in [0, 0.1) is 0 Å². The van der Waals surface area contributed by atoms with Gasteiger partial charge in [0.1, 0.15) is 12.1 Å². The number of carboxylic acids is 1. The molecule has 0 aliphatic carbocycles. The molecule has 66 heavy (non-hydrogen) atoms. The second-order valence-electron chi connectivity index (χ2n) is 18.5. The molecule has 1 fully saturated rings. The van der Waals surface area contributed by atoms with Gasteiger partial charge in [-0.05, 0) is 108 Å². The molecule has 4 heterocycles. The number of fused-ring (bicyclic) bond motifs is 2. The number of carbonyl (C=O) groups is 6. The standard InChI is InChI=1S/C48H63N11O7/c1-47(2,52-25-12-10-8-6-7-9-11-14-29-15-13-16-33-34(29)28-59(44(33)64)36-22-24-38(61)54-43(36)63)37(60)23-21-35(45(65)66)57-48(3,4)40(62)30-17-19-32(20-18-30)58(5)27-31-26-51-42-39(53-31)41(49)55-46(50)56-42/h13,15-20,26,35-36,52,57H,6-12,14,21-25,27-28H2,1-5H3,(H,65,66)(H,54,61,63)(H4,49,50,51,55,56)/t35-,36?/m0/s1. The summed E-state index contributed by atoms with van der Waals surface area (Å²) in [4.78, 5) is 96.9. The minimum Gasteiger partial charge on any atom is -0.480 e. The van der Waals surface area contributed by atoms with Crippen molar-refractivity contribution in [1.29, 1.82) is 0 Å². The van der Waals surface area contributed by atoms with E-state index in [1.165, 1.54) is 0 Å². The van der Waals surface area contributed by atoms with Crippen LogP contribution in [0.2, 0.25) is 0 Å². The lowest BCUT2D eigenvalue weighted by Gasteiger charge is -2.30. The number of unbranched alkanes of at least 4 members (excludes halogenated alkanes) is 6. The van der Waals surface area contributed by atoms with Crippen LogP contribution >= 0.6 is 0 Å². The predicted molar refractivity (Wildman–Crippen MR) is 250 cm³/mol. The number of hydrogen-bond donors (Lipinski definition) is 6. The Morgan fingerprint density at radius 3 is 2.32 bits per heavy atom. The number of benzene rings is 2. The first-order valence-electron chi connectivity index (χ1n) is 22.8. The van der Waals surface area contributed by atoms with Crippen LogP contribution in [0.5, 0.6) is 0 Å². The normalized spacial score (nSPS) is 15.7. The molecule has 1 saturated heterocycles. The maximum Gasteiger partial charge on any atom is 0.320 e. The highest BCUT2D eigenvalue weighted by Gasteiger charge is 2.40. The number of nitrogen functional groups attached to an aromatic ring is 2. The quantitative estimate of drug-likeness (QED) is 0.0317. The van der Waals surface area contributed by atoms with E-state index in [2.05, 4.69) is 42.0 Å². The number of amides is 3. The summed E-state index contributed by atoms with van der Waals surface area (Å²) in [6.45, 7) is 8.33. The summed E-state index contributed by atoms with van der Waals surface area (Å²) in [6.07, 6.45) is 10.3. The van der Waals surface area contributed by atoms with Gasteiger partial charge in [-0.15, -0.1) is 0 Å². The number of nitrogens with one attached hydrogen (secondary N) is 3. The van der Waals surface area contributed by atoms with Crippen molar-refractivity contribution in [3.63, 3.8) is 0 Å². The fourth-order valence-electron chi connectivity index (χ4n) is 8.68. The smallest absolute Gasteiger partial charge is 0.320 e. The van der Waals surface area contributed by atoms with Gasteiger partial charge in [0, 0.05) is 43.2 Å². The van der Waals surface area contributed by atoms with Gasteiger partial charge in [-0.2, -0.15) is 9.97 Å². The molecule has 18 heteroatoms. The van der Waals surface area contributed by atoms with E-state index in [0.29, 0.717) is 54.0 Å². The number of anilines is 3. The van der Waals surface area contributed by atoms with Gasteiger partial charge in [-0.3, -0.25) is 39.4 Å². The van der Waals surface area contributed by atoms with Crippen LogP contribution in [0.25, 0.3) is 11.2 Å². The van der Waals surface area contributed by atoms with E-state index in [9.17, 15) is 33.9 Å². The van der Waals surface area contributed by atoms with Crippen LogP contribution in [-0.2, 0) is 38.7 Å². The number of aromatic nitrogens is 4. The molecule has 0 radical (unpaired) electrons. The van der Waals surface area contributed by atoms with Gasteiger partial charge in [0.15, 0.2) is 28.5 Å². The van der Waals surface area contributed by atoms with Crippen LogP contribution in [0.15, 0.2) is 48.7 Å². The maximum atomic E-state index is 13.7. The lowest BCUT2D eigenvalue weighted by molar-refractivity contribution is -0.140. The van der Waals surface area contributed by atoms with E-state index < -0.39 is 35.0 Å². The van der Waals surface area contributed by atoms with Crippen molar-refractivity contribution in [2.24, 2.45) is 0 Å². The molecule has 0 spiro atoms. The number of ketones is 2. The number of carboxylic acid groups (broad SMARTS) is 1. The fraction of sp³-hybridized carbons (Fsp3) is 0.500. The molecule has 8 N–H and O–H groups in total. The molecule has 2 aliphatic heterocycles. The van der Waals surface area contributed by atoms with Gasteiger partial charge in [-0.1, -0.05) is 44.2 Å². The highest BCUT2D eigenvalue weighted by Crippen LogP contribution is 2.31. The Morgan fingerprint density at radius 2 is 1.62 bits per heavy atom. The van der Waals surface area contributed by atoms with Crippen molar-refractivity contribution in [2.75, 3.05) is 30.0 Å². The molecule has 352 valence electrons. The monoisotopic (exact) mass is 905 g/mol. The molecule has 0 bridgehead atoms. The molecule has 1 unspecified atom stereocenters. The second kappa shape index (κ2) is 21.3. The van der Waals surface area contributed by atoms with E-state index in [4.69, 9.17) is 11.5 Å². The first kappa shape index (κ1) is 49.0. The lowest BCUT2D eigenvalue weighted by Crippen LogP contribution is -2.54. The zero-order chi connectivity index (χ0) is 47.8. The Kier molecular flexibility index (Phi) is 15.8. The molecule has 2 atom stereocenters. The molecular formula is C48H63N11O7. The highest BCUT2D eigenvalue weighted by molar-refractivity contribution is 6.06. The number of aliphatic carboxylic acids is 1. The summed E-state index contributed by atoms with van der Waals surface area (Å²) in [5.41, 5.74) is 14.8. The number of imide groups is 1. The van der Waals surface area contributed by atoms with Crippen molar-refractivity contribution in [2.45, 2.75) is 141 Å². The molecule has 18 nitrogen and oxygen atoms in total. The third-order valence-corrected chi connectivity index (χ3v) is 12.6. The minimum absolute atomic E-state index is 0.0172. The molecule has 2 aromatic carbocycles. The third-order valence-electron chi connectivity index (χ3n) is 12.6. The van der Waals surface area contributed by atoms with Crippen LogP contribution in [0.3, 0.4) is 0 Å². The van der Waals surface area contributed by atoms with E-state index >= 15 is 0 Å². The Morgan fingerprint density at radius 1 is 0.924 bits per heavy atom.